The highest BCUT2D eigenvalue weighted by atomic mass is 16.5. The molecule has 0 aliphatic heterocycles. The molecule has 1 amide bonds. The standard InChI is InChI=1S/C20H24N2O3/c1-4-24-17-9-7-8-16(12-17)21-13-20(23)22-18-10-5-6-11-19(18)25-14-15(2)3/h5-12,21H,2,4,13-14H2,1,3H3,(H,22,23). The van der Waals surface area contributed by atoms with Crippen LogP contribution in [0, 0.1) is 0 Å². The fourth-order valence-electron chi connectivity index (χ4n) is 2.14. The summed E-state index contributed by atoms with van der Waals surface area (Å²) >= 11 is 0. The zero-order valence-electron chi connectivity index (χ0n) is 14.7. The molecule has 2 N–H and O–H groups in total. The van der Waals surface area contributed by atoms with Crippen LogP contribution >= 0.6 is 0 Å². The van der Waals surface area contributed by atoms with Gasteiger partial charge in [-0.25, -0.2) is 0 Å². The number of hydrogen-bond donors (Lipinski definition) is 2. The molecule has 2 rings (SSSR count). The van der Waals surface area contributed by atoms with E-state index in [4.69, 9.17) is 9.47 Å². The van der Waals surface area contributed by atoms with Gasteiger partial charge in [-0.3, -0.25) is 4.79 Å². The lowest BCUT2D eigenvalue weighted by atomic mass is 10.2. The van der Waals surface area contributed by atoms with Gasteiger partial charge in [0.05, 0.1) is 18.8 Å². The van der Waals surface area contributed by atoms with Gasteiger partial charge in [-0.05, 0) is 43.7 Å². The predicted octanol–water partition coefficient (Wildman–Crippen LogP) is 4.09. The molecule has 0 radical (unpaired) electrons. The molecular weight excluding hydrogens is 316 g/mol. The van der Waals surface area contributed by atoms with Gasteiger partial charge in [0.25, 0.3) is 0 Å². The first-order valence-electron chi connectivity index (χ1n) is 8.21. The van der Waals surface area contributed by atoms with Crippen molar-refractivity contribution in [1.82, 2.24) is 0 Å². The quantitative estimate of drug-likeness (QED) is 0.675. The zero-order valence-corrected chi connectivity index (χ0v) is 14.7. The van der Waals surface area contributed by atoms with Gasteiger partial charge in [-0.1, -0.05) is 24.8 Å². The number of anilines is 2. The van der Waals surface area contributed by atoms with E-state index < -0.39 is 0 Å². The highest BCUT2D eigenvalue weighted by Crippen LogP contribution is 2.24. The molecule has 0 fully saturated rings. The Morgan fingerprint density at radius 2 is 1.92 bits per heavy atom. The van der Waals surface area contributed by atoms with Gasteiger partial charge in [-0.2, -0.15) is 0 Å². The fourth-order valence-corrected chi connectivity index (χ4v) is 2.14. The molecule has 0 aliphatic rings. The van der Waals surface area contributed by atoms with Crippen molar-refractivity contribution in [2.24, 2.45) is 0 Å². The lowest BCUT2D eigenvalue weighted by molar-refractivity contribution is -0.114. The van der Waals surface area contributed by atoms with Gasteiger partial charge in [0.15, 0.2) is 0 Å². The minimum absolute atomic E-state index is 0.143. The van der Waals surface area contributed by atoms with Crippen molar-refractivity contribution >= 4 is 17.3 Å². The molecule has 0 spiro atoms. The zero-order chi connectivity index (χ0) is 18.1. The first-order chi connectivity index (χ1) is 12.1. The van der Waals surface area contributed by atoms with Crippen molar-refractivity contribution in [2.45, 2.75) is 13.8 Å². The molecule has 2 aromatic carbocycles. The van der Waals surface area contributed by atoms with Crippen LogP contribution in [0.1, 0.15) is 13.8 Å². The first-order valence-corrected chi connectivity index (χ1v) is 8.21. The monoisotopic (exact) mass is 340 g/mol. The number of amides is 1. The lowest BCUT2D eigenvalue weighted by Gasteiger charge is -2.13. The lowest BCUT2D eigenvalue weighted by Crippen LogP contribution is -2.22. The Morgan fingerprint density at radius 3 is 2.68 bits per heavy atom. The van der Waals surface area contributed by atoms with Crippen LogP contribution in [0.3, 0.4) is 0 Å². The summed E-state index contributed by atoms with van der Waals surface area (Å²) in [7, 11) is 0. The van der Waals surface area contributed by atoms with Gasteiger partial charge in [-0.15, -0.1) is 0 Å². The number of carbonyl (C=O) groups is 1. The third-order valence-electron chi connectivity index (χ3n) is 3.23. The third-order valence-corrected chi connectivity index (χ3v) is 3.23. The Labute approximate surface area is 148 Å². The van der Waals surface area contributed by atoms with Crippen LogP contribution in [0.4, 0.5) is 11.4 Å². The van der Waals surface area contributed by atoms with E-state index in [1.165, 1.54) is 0 Å². The molecule has 5 heteroatoms. The highest BCUT2D eigenvalue weighted by Gasteiger charge is 2.08. The van der Waals surface area contributed by atoms with Gasteiger partial charge < -0.3 is 20.1 Å². The number of nitrogens with one attached hydrogen (secondary N) is 2. The van der Waals surface area contributed by atoms with Crippen molar-refractivity contribution in [2.75, 3.05) is 30.4 Å². The molecule has 5 nitrogen and oxygen atoms in total. The van der Waals surface area contributed by atoms with Gasteiger partial charge in [0.2, 0.25) is 5.91 Å². The summed E-state index contributed by atoms with van der Waals surface area (Å²) in [4.78, 5) is 12.2. The molecule has 2 aromatic rings. The van der Waals surface area contributed by atoms with Crippen molar-refractivity contribution < 1.29 is 14.3 Å². The van der Waals surface area contributed by atoms with Crippen LogP contribution in [0.5, 0.6) is 11.5 Å². The molecule has 0 atom stereocenters. The molecule has 0 aromatic heterocycles. The molecule has 0 bridgehead atoms. The summed E-state index contributed by atoms with van der Waals surface area (Å²) in [5, 5.41) is 5.94. The maximum Gasteiger partial charge on any atom is 0.243 e. The Balaban J connectivity index is 1.92. The Kier molecular flexibility index (Phi) is 6.89. The highest BCUT2D eigenvalue weighted by molar-refractivity contribution is 5.95. The number of para-hydroxylation sites is 2. The number of benzene rings is 2. The smallest absolute Gasteiger partial charge is 0.243 e. The maximum absolute atomic E-state index is 12.2. The summed E-state index contributed by atoms with van der Waals surface area (Å²) in [6.45, 7) is 8.79. The SMILES string of the molecule is C=C(C)COc1ccccc1NC(=O)CNc1cccc(OCC)c1. The topological polar surface area (TPSA) is 59.6 Å². The van der Waals surface area contributed by atoms with E-state index in [2.05, 4.69) is 17.2 Å². The maximum atomic E-state index is 12.2. The predicted molar refractivity (Wildman–Crippen MR) is 101 cm³/mol. The second-order valence-electron chi connectivity index (χ2n) is 5.60. The fraction of sp³-hybridized carbons (Fsp3) is 0.250. The average Bonchev–Trinajstić information content (AvgIpc) is 2.60. The molecule has 0 aliphatic carbocycles. The van der Waals surface area contributed by atoms with E-state index in [1.807, 2.05) is 56.3 Å². The molecule has 25 heavy (non-hydrogen) atoms. The number of hydrogen-bond acceptors (Lipinski definition) is 4. The van der Waals surface area contributed by atoms with Crippen LogP contribution in [-0.4, -0.2) is 25.7 Å². The largest absolute Gasteiger partial charge is 0.494 e. The number of carbonyl (C=O) groups excluding carboxylic acids is 1. The Bertz CT molecular complexity index is 728. The second kappa shape index (κ2) is 9.37. The van der Waals surface area contributed by atoms with Gasteiger partial charge in [0, 0.05) is 11.8 Å². The first kappa shape index (κ1) is 18.4. The Hall–Kier alpha value is -2.95. The van der Waals surface area contributed by atoms with Crippen LogP contribution in [0.15, 0.2) is 60.7 Å². The van der Waals surface area contributed by atoms with E-state index in [0.717, 1.165) is 17.0 Å². The number of ether oxygens (including phenoxy) is 2. The molecule has 0 unspecified atom stereocenters. The molecule has 0 heterocycles. The van der Waals surface area contributed by atoms with E-state index in [0.29, 0.717) is 24.7 Å². The minimum atomic E-state index is -0.159. The van der Waals surface area contributed by atoms with Crippen molar-refractivity contribution in [3.8, 4) is 11.5 Å². The molecule has 0 saturated heterocycles. The summed E-state index contributed by atoms with van der Waals surface area (Å²) in [5.74, 6) is 1.23. The summed E-state index contributed by atoms with van der Waals surface area (Å²) in [6, 6.07) is 14.8. The van der Waals surface area contributed by atoms with Crippen molar-refractivity contribution in [3.63, 3.8) is 0 Å². The van der Waals surface area contributed by atoms with Crippen LogP contribution in [-0.2, 0) is 4.79 Å². The van der Waals surface area contributed by atoms with E-state index in [9.17, 15) is 4.79 Å². The second-order valence-corrected chi connectivity index (χ2v) is 5.60. The van der Waals surface area contributed by atoms with E-state index in [-0.39, 0.29) is 12.5 Å². The van der Waals surface area contributed by atoms with Crippen LogP contribution in [0.25, 0.3) is 0 Å². The van der Waals surface area contributed by atoms with E-state index >= 15 is 0 Å². The summed E-state index contributed by atoms with van der Waals surface area (Å²) in [5.41, 5.74) is 2.38. The Morgan fingerprint density at radius 1 is 1.12 bits per heavy atom. The van der Waals surface area contributed by atoms with Crippen molar-refractivity contribution in [3.05, 3.63) is 60.7 Å². The van der Waals surface area contributed by atoms with Crippen molar-refractivity contribution in [1.29, 1.82) is 0 Å². The average molecular weight is 340 g/mol. The van der Waals surface area contributed by atoms with Gasteiger partial charge >= 0.3 is 0 Å². The third kappa shape index (κ3) is 6.22. The van der Waals surface area contributed by atoms with Crippen LogP contribution in [0.2, 0.25) is 0 Å². The molecular formula is C20H24N2O3. The minimum Gasteiger partial charge on any atom is -0.494 e. The van der Waals surface area contributed by atoms with Crippen LogP contribution < -0.4 is 20.1 Å². The molecule has 132 valence electrons. The normalized spacial score (nSPS) is 10.0. The van der Waals surface area contributed by atoms with E-state index in [1.54, 1.807) is 6.07 Å². The van der Waals surface area contributed by atoms with Gasteiger partial charge in [0.1, 0.15) is 18.1 Å². The summed E-state index contributed by atoms with van der Waals surface area (Å²) < 4.78 is 11.1. The number of rotatable bonds is 9. The summed E-state index contributed by atoms with van der Waals surface area (Å²) in [6.07, 6.45) is 0. The molecule has 0 saturated carbocycles.